The molecule has 3 heterocycles. The largest absolute Gasteiger partial charge is 0.497 e. The van der Waals surface area contributed by atoms with Crippen LogP contribution in [0.2, 0.25) is 0 Å². The first-order chi connectivity index (χ1) is 21.9. The summed E-state index contributed by atoms with van der Waals surface area (Å²) in [5.74, 6) is 3.17. The number of thioether (sulfide) groups is 1. The molecule has 0 unspecified atom stereocenters. The van der Waals surface area contributed by atoms with Crippen molar-refractivity contribution in [2.45, 2.75) is 25.0 Å². The van der Waals surface area contributed by atoms with Crippen LogP contribution in [-0.4, -0.2) is 73.2 Å². The van der Waals surface area contributed by atoms with Crippen molar-refractivity contribution < 1.29 is 23.8 Å². The summed E-state index contributed by atoms with van der Waals surface area (Å²) in [7, 11) is 4.90. The first-order valence-electron chi connectivity index (χ1n) is 15.2. The average molecular weight is 627 g/mol. The summed E-state index contributed by atoms with van der Waals surface area (Å²) in [6, 6.07) is 23.2. The van der Waals surface area contributed by atoms with Crippen molar-refractivity contribution in [3.05, 3.63) is 83.9 Å². The zero-order valence-corrected chi connectivity index (χ0v) is 26.9. The minimum Gasteiger partial charge on any atom is -0.497 e. The van der Waals surface area contributed by atoms with Gasteiger partial charge in [-0.15, -0.1) is 11.8 Å². The van der Waals surface area contributed by atoms with Crippen LogP contribution in [0.1, 0.15) is 36.1 Å². The molecule has 0 aliphatic carbocycles. The van der Waals surface area contributed by atoms with Crippen molar-refractivity contribution >= 4 is 29.4 Å². The molecule has 6 rings (SSSR count). The van der Waals surface area contributed by atoms with Gasteiger partial charge < -0.3 is 19.1 Å². The van der Waals surface area contributed by atoms with Gasteiger partial charge in [0.2, 0.25) is 11.8 Å². The lowest BCUT2D eigenvalue weighted by molar-refractivity contribution is -0.132. The zero-order valence-electron chi connectivity index (χ0n) is 26.1. The first-order valence-corrected chi connectivity index (χ1v) is 16.2. The highest BCUT2D eigenvalue weighted by molar-refractivity contribution is 8.00. The molecule has 0 spiro atoms. The summed E-state index contributed by atoms with van der Waals surface area (Å²) in [5.41, 5.74) is 4.07. The van der Waals surface area contributed by atoms with Crippen LogP contribution in [-0.2, 0) is 9.59 Å². The number of methoxy groups -OCH3 is 3. The van der Waals surface area contributed by atoms with Crippen LogP contribution in [0.25, 0.3) is 16.9 Å². The second-order valence-corrected chi connectivity index (χ2v) is 12.5. The number of hydrogen-bond donors (Lipinski definition) is 0. The van der Waals surface area contributed by atoms with Gasteiger partial charge in [0.15, 0.2) is 0 Å². The Labute approximate surface area is 268 Å². The maximum Gasteiger partial charge on any atom is 0.242 e. The Morgan fingerprint density at radius 1 is 0.911 bits per heavy atom. The summed E-state index contributed by atoms with van der Waals surface area (Å²) in [6.07, 6.45) is 1.92. The summed E-state index contributed by atoms with van der Waals surface area (Å²) in [6.45, 7) is 3.54. The third kappa shape index (κ3) is 6.11. The number of hydrogen-bond acceptors (Lipinski definition) is 7. The molecule has 2 amide bonds. The van der Waals surface area contributed by atoms with Crippen LogP contribution < -0.4 is 19.1 Å². The van der Waals surface area contributed by atoms with Crippen molar-refractivity contribution in [3.8, 4) is 34.2 Å². The fraction of sp³-hybridized carbons (Fsp3) is 0.343. The monoisotopic (exact) mass is 626 g/mol. The number of nitrogens with zero attached hydrogens (tertiary/aromatic N) is 4. The van der Waals surface area contributed by atoms with Crippen LogP contribution in [0, 0.1) is 5.92 Å². The van der Waals surface area contributed by atoms with Crippen LogP contribution in [0.4, 0.5) is 5.82 Å². The zero-order chi connectivity index (χ0) is 31.5. The second kappa shape index (κ2) is 13.3. The van der Waals surface area contributed by atoms with E-state index in [0.29, 0.717) is 42.1 Å². The Morgan fingerprint density at radius 2 is 1.60 bits per heavy atom. The van der Waals surface area contributed by atoms with E-state index in [4.69, 9.17) is 19.3 Å². The highest BCUT2D eigenvalue weighted by atomic mass is 32.2. The third-order valence-electron chi connectivity index (χ3n) is 8.60. The maximum atomic E-state index is 14.1. The van der Waals surface area contributed by atoms with Crippen LogP contribution >= 0.6 is 11.8 Å². The molecule has 9 nitrogen and oxygen atoms in total. The molecule has 0 N–H and O–H groups in total. The molecule has 234 valence electrons. The predicted molar refractivity (Wildman–Crippen MR) is 177 cm³/mol. The number of amides is 2. The van der Waals surface area contributed by atoms with E-state index in [1.807, 2.05) is 77.7 Å². The number of carbonyl (C=O) groups is 2. The molecule has 2 aliphatic rings. The van der Waals surface area contributed by atoms with Crippen molar-refractivity contribution in [1.29, 1.82) is 0 Å². The van der Waals surface area contributed by atoms with Crippen molar-refractivity contribution in [2.75, 3.05) is 51.6 Å². The summed E-state index contributed by atoms with van der Waals surface area (Å²) < 4.78 is 18.7. The number of likely N-dealkylation sites (tertiary alicyclic amines) is 1. The van der Waals surface area contributed by atoms with Crippen molar-refractivity contribution in [1.82, 2.24) is 14.7 Å². The molecule has 3 aromatic carbocycles. The normalized spacial score (nSPS) is 17.1. The summed E-state index contributed by atoms with van der Waals surface area (Å²) in [4.78, 5) is 31.5. The SMILES string of the molecule is COc1ccc(-n2nc(-c3ccccc3)c3c2N(CC(=O)N2CCC(C)CC2)C(=O)CS[C@@H]3c2cc(OC)ccc2OC)cc1. The Bertz CT molecular complexity index is 1670. The van der Waals surface area contributed by atoms with Gasteiger partial charge in [-0.25, -0.2) is 4.68 Å². The van der Waals surface area contributed by atoms with Crippen LogP contribution in [0.3, 0.4) is 0 Å². The molecule has 1 atom stereocenters. The molecule has 10 heteroatoms. The van der Waals surface area contributed by atoms with Crippen LogP contribution in [0.15, 0.2) is 72.8 Å². The van der Waals surface area contributed by atoms with Gasteiger partial charge in [-0.05, 0) is 61.2 Å². The van der Waals surface area contributed by atoms with E-state index < -0.39 is 0 Å². The Morgan fingerprint density at radius 3 is 2.27 bits per heavy atom. The molecule has 0 bridgehead atoms. The molecule has 45 heavy (non-hydrogen) atoms. The quantitative estimate of drug-likeness (QED) is 0.237. The first kappa shape index (κ1) is 30.6. The maximum absolute atomic E-state index is 14.1. The Kier molecular flexibility index (Phi) is 9.02. The molecule has 1 saturated heterocycles. The lowest BCUT2D eigenvalue weighted by Crippen LogP contribution is -2.46. The van der Waals surface area contributed by atoms with Gasteiger partial charge >= 0.3 is 0 Å². The van der Waals surface area contributed by atoms with Crippen molar-refractivity contribution in [2.24, 2.45) is 5.92 Å². The number of aromatic nitrogens is 2. The standard InChI is InChI=1S/C35H38N4O5S/c1-23-16-18-37(19-17-23)30(40)21-38-31(41)22-45-34(28-20-27(43-3)14-15-29(28)44-4)32-33(24-8-6-5-7-9-24)36-39(35(32)38)25-10-12-26(42-2)13-11-25/h5-15,20,23,34H,16-19,21-22H2,1-4H3/t34-/m1/s1. The fourth-order valence-corrected chi connectivity index (χ4v) is 7.23. The highest BCUT2D eigenvalue weighted by Crippen LogP contribution is 2.51. The average Bonchev–Trinajstić information content (AvgIpc) is 3.41. The number of fused-ring (bicyclic) bond motifs is 1. The molecule has 1 fully saturated rings. The van der Waals surface area contributed by atoms with Crippen LogP contribution in [0.5, 0.6) is 17.2 Å². The van der Waals surface area contributed by atoms with E-state index in [1.165, 1.54) is 11.8 Å². The number of benzene rings is 3. The minimum absolute atomic E-state index is 0.0626. The molecule has 2 aliphatic heterocycles. The summed E-state index contributed by atoms with van der Waals surface area (Å²) in [5, 5.41) is 4.83. The van der Waals surface area contributed by atoms with E-state index in [1.54, 1.807) is 30.9 Å². The molecule has 0 radical (unpaired) electrons. The number of anilines is 1. The van der Waals surface area contributed by atoms with E-state index >= 15 is 0 Å². The van der Waals surface area contributed by atoms with Gasteiger partial charge in [0.05, 0.1) is 43.7 Å². The Balaban J connectivity index is 1.59. The van der Waals surface area contributed by atoms with E-state index in [9.17, 15) is 9.59 Å². The predicted octanol–water partition coefficient (Wildman–Crippen LogP) is 5.99. The lowest BCUT2D eigenvalue weighted by atomic mass is 9.98. The molecular formula is C35H38N4O5S. The highest BCUT2D eigenvalue weighted by Gasteiger charge is 2.39. The fourth-order valence-electron chi connectivity index (χ4n) is 6.01. The van der Waals surface area contributed by atoms with Gasteiger partial charge in [0.25, 0.3) is 0 Å². The summed E-state index contributed by atoms with van der Waals surface area (Å²) >= 11 is 1.50. The Hall–Kier alpha value is -4.44. The van der Waals surface area contributed by atoms with Gasteiger partial charge in [-0.3, -0.25) is 14.5 Å². The molecular weight excluding hydrogens is 588 g/mol. The number of carbonyl (C=O) groups excluding carboxylic acids is 2. The number of piperidine rings is 1. The van der Waals surface area contributed by atoms with Crippen molar-refractivity contribution in [3.63, 3.8) is 0 Å². The second-order valence-electron chi connectivity index (χ2n) is 11.4. The number of rotatable bonds is 8. The third-order valence-corrected chi connectivity index (χ3v) is 9.84. The molecule has 0 saturated carbocycles. The minimum atomic E-state index is -0.354. The van der Waals surface area contributed by atoms with E-state index in [0.717, 1.165) is 40.9 Å². The van der Waals surface area contributed by atoms with Gasteiger partial charge in [0, 0.05) is 29.8 Å². The topological polar surface area (TPSA) is 86.1 Å². The molecule has 1 aromatic heterocycles. The van der Waals surface area contributed by atoms with Gasteiger partial charge in [0.1, 0.15) is 29.6 Å². The van der Waals surface area contributed by atoms with Gasteiger partial charge in [-0.1, -0.05) is 37.3 Å². The van der Waals surface area contributed by atoms with Gasteiger partial charge in [-0.2, -0.15) is 5.10 Å². The number of ether oxygens (including phenoxy) is 3. The molecule has 4 aromatic rings. The smallest absolute Gasteiger partial charge is 0.242 e. The van der Waals surface area contributed by atoms with E-state index in [2.05, 4.69) is 6.92 Å². The van der Waals surface area contributed by atoms with E-state index in [-0.39, 0.29) is 29.4 Å². The lowest BCUT2D eigenvalue weighted by Gasteiger charge is -2.32.